The first kappa shape index (κ1) is 10.7. The van der Waals surface area contributed by atoms with Crippen LogP contribution < -0.4 is 5.43 Å². The number of aromatic nitrogens is 3. The Bertz CT molecular complexity index is 519. The van der Waals surface area contributed by atoms with Gasteiger partial charge < -0.3 is 4.98 Å². The van der Waals surface area contributed by atoms with E-state index < -0.39 is 4.92 Å². The first-order chi connectivity index (χ1) is 8.25. The fourth-order valence-electron chi connectivity index (χ4n) is 1.07. The predicted molar refractivity (Wildman–Crippen MR) is 60.7 cm³/mol. The Morgan fingerprint density at radius 2 is 2.35 bits per heavy atom. The molecule has 17 heavy (non-hydrogen) atoms. The van der Waals surface area contributed by atoms with Crippen molar-refractivity contribution in [1.82, 2.24) is 15.0 Å². The maximum absolute atomic E-state index is 10.4. The van der Waals surface area contributed by atoms with Crippen molar-refractivity contribution in [2.75, 3.05) is 5.43 Å². The zero-order valence-corrected chi connectivity index (χ0v) is 8.57. The molecule has 86 valence electrons. The number of aromatic amines is 1. The molecule has 0 aliphatic rings. The third kappa shape index (κ3) is 2.84. The van der Waals surface area contributed by atoms with E-state index in [4.69, 9.17) is 0 Å². The van der Waals surface area contributed by atoms with Crippen LogP contribution in [0, 0.1) is 10.1 Å². The molecule has 2 heterocycles. The van der Waals surface area contributed by atoms with Gasteiger partial charge >= 0.3 is 0 Å². The van der Waals surface area contributed by atoms with E-state index in [9.17, 15) is 10.1 Å². The third-order valence-electron chi connectivity index (χ3n) is 1.84. The lowest BCUT2D eigenvalue weighted by atomic mass is 10.4. The molecule has 2 aromatic rings. The SMILES string of the molecule is O=[N+]([O-])c1ccc(N/N=C/c2ncc[nH]2)nc1. The molecule has 2 N–H and O–H groups in total. The minimum atomic E-state index is -0.511. The second-order valence-corrected chi connectivity index (χ2v) is 3.00. The van der Waals surface area contributed by atoms with Crippen molar-refractivity contribution in [2.24, 2.45) is 5.10 Å². The minimum Gasteiger partial charge on any atom is -0.344 e. The van der Waals surface area contributed by atoms with Crippen molar-refractivity contribution in [3.63, 3.8) is 0 Å². The van der Waals surface area contributed by atoms with Crippen LogP contribution >= 0.6 is 0 Å². The Labute approximate surface area is 95.6 Å². The molecule has 0 aliphatic heterocycles. The smallest absolute Gasteiger partial charge is 0.287 e. The van der Waals surface area contributed by atoms with Crippen LogP contribution in [0.2, 0.25) is 0 Å². The van der Waals surface area contributed by atoms with Crippen LogP contribution in [0.1, 0.15) is 5.82 Å². The van der Waals surface area contributed by atoms with Gasteiger partial charge in [-0.25, -0.2) is 9.97 Å². The van der Waals surface area contributed by atoms with Crippen molar-refractivity contribution in [3.05, 3.63) is 46.7 Å². The second-order valence-electron chi connectivity index (χ2n) is 3.00. The first-order valence-electron chi connectivity index (χ1n) is 4.64. The number of rotatable bonds is 4. The van der Waals surface area contributed by atoms with Gasteiger partial charge in [0.2, 0.25) is 0 Å². The van der Waals surface area contributed by atoms with E-state index in [-0.39, 0.29) is 5.69 Å². The molecule has 0 atom stereocenters. The Balaban J connectivity index is 1.97. The molecule has 2 rings (SSSR count). The normalized spacial score (nSPS) is 10.6. The molecule has 8 heteroatoms. The average molecular weight is 232 g/mol. The van der Waals surface area contributed by atoms with Gasteiger partial charge in [0.25, 0.3) is 5.69 Å². The number of imidazole rings is 1. The van der Waals surface area contributed by atoms with Crippen LogP contribution in [0.15, 0.2) is 35.8 Å². The van der Waals surface area contributed by atoms with Crippen molar-refractivity contribution in [2.45, 2.75) is 0 Å². The monoisotopic (exact) mass is 232 g/mol. The lowest BCUT2D eigenvalue weighted by molar-refractivity contribution is -0.385. The Hall–Kier alpha value is -2.77. The zero-order chi connectivity index (χ0) is 12.1. The summed E-state index contributed by atoms with van der Waals surface area (Å²) in [7, 11) is 0. The van der Waals surface area contributed by atoms with Gasteiger partial charge in [0.15, 0.2) is 0 Å². The number of nitro groups is 1. The molecular weight excluding hydrogens is 224 g/mol. The van der Waals surface area contributed by atoms with Gasteiger partial charge in [0, 0.05) is 18.5 Å². The third-order valence-corrected chi connectivity index (χ3v) is 1.84. The van der Waals surface area contributed by atoms with Gasteiger partial charge in [-0.2, -0.15) is 5.10 Å². The van der Waals surface area contributed by atoms with E-state index in [1.54, 1.807) is 12.4 Å². The molecule has 0 unspecified atom stereocenters. The highest BCUT2D eigenvalue weighted by molar-refractivity contribution is 5.74. The minimum absolute atomic E-state index is 0.0643. The number of nitrogens with one attached hydrogen (secondary N) is 2. The Morgan fingerprint density at radius 1 is 1.47 bits per heavy atom. The van der Waals surface area contributed by atoms with Crippen LogP contribution in [0.5, 0.6) is 0 Å². The standard InChI is InChI=1S/C9H8N6O2/c16-15(17)7-1-2-8(12-5-7)14-13-6-9-10-3-4-11-9/h1-6H,(H,10,11)(H,12,14)/b13-6+. The van der Waals surface area contributed by atoms with Crippen LogP contribution in [0.3, 0.4) is 0 Å². The van der Waals surface area contributed by atoms with E-state index in [1.807, 2.05) is 0 Å². The van der Waals surface area contributed by atoms with Gasteiger partial charge in [-0.3, -0.25) is 15.5 Å². The molecule has 2 aromatic heterocycles. The van der Waals surface area contributed by atoms with E-state index in [0.29, 0.717) is 11.6 Å². The largest absolute Gasteiger partial charge is 0.344 e. The molecule has 0 bridgehead atoms. The number of hydrazone groups is 1. The van der Waals surface area contributed by atoms with Crippen molar-refractivity contribution in [3.8, 4) is 0 Å². The fraction of sp³-hybridized carbons (Fsp3) is 0. The maximum Gasteiger partial charge on any atom is 0.287 e. The Morgan fingerprint density at radius 3 is 2.94 bits per heavy atom. The van der Waals surface area contributed by atoms with Gasteiger partial charge in [-0.15, -0.1) is 0 Å². The van der Waals surface area contributed by atoms with Crippen LogP contribution in [0.4, 0.5) is 11.5 Å². The molecule has 0 aromatic carbocycles. The highest BCUT2D eigenvalue weighted by atomic mass is 16.6. The summed E-state index contributed by atoms with van der Waals surface area (Å²) in [4.78, 5) is 20.5. The molecule has 0 aliphatic carbocycles. The number of nitrogens with zero attached hydrogens (tertiary/aromatic N) is 4. The van der Waals surface area contributed by atoms with Crippen LogP contribution in [-0.2, 0) is 0 Å². The van der Waals surface area contributed by atoms with Crippen LogP contribution in [-0.4, -0.2) is 26.1 Å². The number of hydrogen-bond acceptors (Lipinski definition) is 6. The molecule has 0 spiro atoms. The molecule has 0 amide bonds. The highest BCUT2D eigenvalue weighted by Gasteiger charge is 2.04. The molecule has 0 radical (unpaired) electrons. The predicted octanol–water partition coefficient (Wildman–Crippen LogP) is 1.16. The fourth-order valence-corrected chi connectivity index (χ4v) is 1.07. The summed E-state index contributed by atoms with van der Waals surface area (Å²) in [6.07, 6.45) is 5.91. The lowest BCUT2D eigenvalue weighted by Gasteiger charge is -1.97. The summed E-state index contributed by atoms with van der Waals surface area (Å²) in [5.74, 6) is 1.01. The van der Waals surface area contributed by atoms with Crippen LogP contribution in [0.25, 0.3) is 0 Å². The number of hydrogen-bond donors (Lipinski definition) is 2. The van der Waals surface area contributed by atoms with E-state index in [0.717, 1.165) is 6.20 Å². The molecular formula is C9H8N6O2. The number of anilines is 1. The van der Waals surface area contributed by atoms with E-state index >= 15 is 0 Å². The highest BCUT2D eigenvalue weighted by Crippen LogP contribution is 2.11. The van der Waals surface area contributed by atoms with Gasteiger partial charge in [0.1, 0.15) is 17.8 Å². The summed E-state index contributed by atoms with van der Waals surface area (Å²) >= 11 is 0. The van der Waals surface area contributed by atoms with Gasteiger partial charge in [-0.05, 0) is 6.07 Å². The first-order valence-corrected chi connectivity index (χ1v) is 4.64. The summed E-state index contributed by atoms with van der Waals surface area (Å²) in [6, 6.07) is 2.81. The Kier molecular flexibility index (Phi) is 3.05. The second kappa shape index (κ2) is 4.84. The number of pyridine rings is 1. The van der Waals surface area contributed by atoms with Gasteiger partial charge in [0.05, 0.1) is 11.1 Å². The van der Waals surface area contributed by atoms with Crippen molar-refractivity contribution < 1.29 is 4.92 Å². The topological polar surface area (TPSA) is 109 Å². The molecule has 8 nitrogen and oxygen atoms in total. The maximum atomic E-state index is 10.4. The van der Waals surface area contributed by atoms with E-state index in [1.165, 1.54) is 18.3 Å². The van der Waals surface area contributed by atoms with E-state index in [2.05, 4.69) is 25.5 Å². The average Bonchev–Trinajstić information content (AvgIpc) is 2.83. The lowest BCUT2D eigenvalue weighted by Crippen LogP contribution is -1.95. The molecule has 0 saturated heterocycles. The van der Waals surface area contributed by atoms with Gasteiger partial charge in [-0.1, -0.05) is 0 Å². The number of H-pyrrole nitrogens is 1. The summed E-state index contributed by atoms with van der Waals surface area (Å²) in [6.45, 7) is 0. The van der Waals surface area contributed by atoms with Crippen molar-refractivity contribution >= 4 is 17.7 Å². The van der Waals surface area contributed by atoms with Crippen molar-refractivity contribution in [1.29, 1.82) is 0 Å². The quantitative estimate of drug-likeness (QED) is 0.467. The zero-order valence-electron chi connectivity index (χ0n) is 8.57. The summed E-state index contributed by atoms with van der Waals surface area (Å²) < 4.78 is 0. The molecule has 0 saturated carbocycles. The summed E-state index contributed by atoms with van der Waals surface area (Å²) in [5.41, 5.74) is 2.56. The summed E-state index contributed by atoms with van der Waals surface area (Å²) in [5, 5.41) is 14.2. The molecule has 0 fully saturated rings.